The van der Waals surface area contributed by atoms with Gasteiger partial charge in [0.05, 0.1) is 18.6 Å². The summed E-state index contributed by atoms with van der Waals surface area (Å²) >= 11 is 5.95. The van der Waals surface area contributed by atoms with Crippen molar-refractivity contribution in [3.05, 3.63) is 69.6 Å². The second-order valence-electron chi connectivity index (χ2n) is 5.37. The average Bonchev–Trinajstić information content (AvgIpc) is 2.90. The van der Waals surface area contributed by atoms with E-state index in [9.17, 15) is 4.79 Å². The van der Waals surface area contributed by atoms with E-state index in [4.69, 9.17) is 11.6 Å². The highest BCUT2D eigenvalue weighted by Crippen LogP contribution is 2.15. The summed E-state index contributed by atoms with van der Waals surface area (Å²) in [7, 11) is 0. The van der Waals surface area contributed by atoms with Crippen molar-refractivity contribution in [3.63, 3.8) is 0 Å². The largest absolute Gasteiger partial charge is 0.309 e. The summed E-state index contributed by atoms with van der Waals surface area (Å²) in [5.41, 5.74) is 3.59. The van der Waals surface area contributed by atoms with Crippen molar-refractivity contribution in [1.82, 2.24) is 23.9 Å². The summed E-state index contributed by atoms with van der Waals surface area (Å²) in [6.45, 7) is 2.34. The first-order valence-corrected chi connectivity index (χ1v) is 7.44. The molecule has 0 N–H and O–H groups in total. The van der Waals surface area contributed by atoms with E-state index in [0.29, 0.717) is 28.7 Å². The van der Waals surface area contributed by atoms with E-state index in [2.05, 4.69) is 15.0 Å². The number of hydrogen-bond donors (Lipinski definition) is 0. The topological polar surface area (TPSA) is 65.1 Å². The second-order valence-corrected chi connectivity index (χ2v) is 5.76. The molecule has 4 aromatic rings. The van der Waals surface area contributed by atoms with Gasteiger partial charge in [-0.05, 0) is 30.7 Å². The number of halogens is 1. The molecule has 0 bridgehead atoms. The van der Waals surface area contributed by atoms with Gasteiger partial charge >= 0.3 is 0 Å². The normalized spacial score (nSPS) is 11.4. The fourth-order valence-electron chi connectivity index (χ4n) is 2.55. The predicted octanol–water partition coefficient (Wildman–Crippen LogP) is 2.45. The van der Waals surface area contributed by atoms with Gasteiger partial charge in [-0.3, -0.25) is 9.20 Å². The maximum absolute atomic E-state index is 12.3. The van der Waals surface area contributed by atoms with E-state index in [1.165, 1.54) is 6.07 Å². The lowest BCUT2D eigenvalue weighted by Crippen LogP contribution is -2.16. The molecule has 0 atom stereocenters. The van der Waals surface area contributed by atoms with Crippen LogP contribution in [0.4, 0.5) is 0 Å². The Morgan fingerprint density at radius 2 is 2.04 bits per heavy atom. The quantitative estimate of drug-likeness (QED) is 0.531. The highest BCUT2D eigenvalue weighted by atomic mass is 35.5. The smallest absolute Gasteiger partial charge is 0.258 e. The molecule has 0 unspecified atom stereocenters. The van der Waals surface area contributed by atoms with Crippen LogP contribution in [0.25, 0.3) is 16.8 Å². The van der Waals surface area contributed by atoms with Crippen LogP contribution in [0.5, 0.6) is 0 Å². The van der Waals surface area contributed by atoms with Gasteiger partial charge in [-0.15, -0.1) is 0 Å². The first-order valence-electron chi connectivity index (χ1n) is 7.06. The zero-order chi connectivity index (χ0) is 16.0. The minimum absolute atomic E-state index is 0.107. The van der Waals surface area contributed by atoms with Crippen molar-refractivity contribution in [1.29, 1.82) is 0 Å². The number of hydrogen-bond acceptors (Lipinski definition) is 4. The van der Waals surface area contributed by atoms with E-state index in [0.717, 1.165) is 11.1 Å². The summed E-state index contributed by atoms with van der Waals surface area (Å²) < 4.78 is 3.37. The molecule has 0 aromatic carbocycles. The Kier molecular flexibility index (Phi) is 3.12. The molecule has 0 spiro atoms. The number of rotatable bonds is 2. The van der Waals surface area contributed by atoms with Crippen molar-refractivity contribution in [3.8, 4) is 0 Å². The minimum Gasteiger partial charge on any atom is -0.309 e. The molecule has 7 heteroatoms. The van der Waals surface area contributed by atoms with Gasteiger partial charge in [0.1, 0.15) is 16.3 Å². The van der Waals surface area contributed by atoms with Crippen LogP contribution >= 0.6 is 11.6 Å². The zero-order valence-corrected chi connectivity index (χ0v) is 13.0. The Morgan fingerprint density at radius 3 is 2.91 bits per heavy atom. The highest BCUT2D eigenvalue weighted by molar-refractivity contribution is 6.29. The van der Waals surface area contributed by atoms with Crippen LogP contribution in [-0.2, 0) is 6.54 Å². The number of aromatic nitrogens is 5. The van der Waals surface area contributed by atoms with Crippen molar-refractivity contribution in [2.24, 2.45) is 0 Å². The van der Waals surface area contributed by atoms with E-state index in [-0.39, 0.29) is 5.56 Å². The van der Waals surface area contributed by atoms with Gasteiger partial charge in [0.15, 0.2) is 5.65 Å². The monoisotopic (exact) mass is 325 g/mol. The lowest BCUT2D eigenvalue weighted by atomic mass is 10.3. The predicted molar refractivity (Wildman–Crippen MR) is 87.8 cm³/mol. The van der Waals surface area contributed by atoms with Crippen LogP contribution in [0.3, 0.4) is 0 Å². The van der Waals surface area contributed by atoms with Crippen molar-refractivity contribution >= 4 is 28.4 Å². The highest BCUT2D eigenvalue weighted by Gasteiger charge is 2.08. The molecule has 0 aliphatic carbocycles. The molecule has 0 saturated carbocycles. The molecule has 0 aliphatic rings. The maximum Gasteiger partial charge on any atom is 0.258 e. The zero-order valence-electron chi connectivity index (χ0n) is 12.3. The summed E-state index contributed by atoms with van der Waals surface area (Å²) in [6, 6.07) is 8.81. The van der Waals surface area contributed by atoms with Crippen molar-refractivity contribution < 1.29 is 0 Å². The molecule has 6 nitrogen and oxygen atoms in total. The lowest BCUT2D eigenvalue weighted by molar-refractivity contribution is 0.782. The number of fused-ring (bicyclic) bond motifs is 2. The summed E-state index contributed by atoms with van der Waals surface area (Å²) in [6.07, 6.45) is 3.45. The minimum atomic E-state index is -0.107. The molecular weight excluding hydrogens is 314 g/mol. The number of imidazole rings is 1. The molecule has 4 rings (SSSR count). The van der Waals surface area contributed by atoms with Crippen molar-refractivity contribution in [2.75, 3.05) is 0 Å². The van der Waals surface area contributed by atoms with Crippen LogP contribution in [0, 0.1) is 6.92 Å². The third kappa shape index (κ3) is 2.47. The fraction of sp³-hybridized carbons (Fsp3) is 0.125. The first kappa shape index (κ1) is 13.9. The molecule has 114 valence electrons. The van der Waals surface area contributed by atoms with Crippen LogP contribution in [0.1, 0.15) is 11.3 Å². The SMILES string of the molecule is Cc1ccc2nc(Cn3cnc4ccc(Cl)nc43)cc(=O)n2c1. The Balaban J connectivity index is 1.81. The van der Waals surface area contributed by atoms with Gasteiger partial charge in [0.25, 0.3) is 5.56 Å². The van der Waals surface area contributed by atoms with Gasteiger partial charge in [-0.1, -0.05) is 17.7 Å². The Hall–Kier alpha value is -2.73. The average molecular weight is 326 g/mol. The molecular formula is C16H12ClN5O. The number of nitrogens with zero attached hydrogens (tertiary/aromatic N) is 5. The molecule has 0 aliphatic heterocycles. The van der Waals surface area contributed by atoms with Gasteiger partial charge < -0.3 is 4.57 Å². The van der Waals surface area contributed by atoms with Gasteiger partial charge in [-0.25, -0.2) is 15.0 Å². The Bertz CT molecular complexity index is 1100. The maximum atomic E-state index is 12.3. The standard InChI is InChI=1S/C16H12ClN5O/c1-10-2-5-14-19-11(6-15(23)22(14)7-10)8-21-9-18-12-3-4-13(17)20-16(12)21/h2-7,9H,8H2,1H3. The molecule has 0 amide bonds. The van der Waals surface area contributed by atoms with E-state index >= 15 is 0 Å². The molecule has 4 heterocycles. The summed E-state index contributed by atoms with van der Waals surface area (Å²) in [5.74, 6) is 0. The van der Waals surface area contributed by atoms with E-state index in [1.54, 1.807) is 23.0 Å². The van der Waals surface area contributed by atoms with Crippen LogP contribution < -0.4 is 5.56 Å². The van der Waals surface area contributed by atoms with Gasteiger partial charge in [-0.2, -0.15) is 0 Å². The molecule has 0 saturated heterocycles. The summed E-state index contributed by atoms with van der Waals surface area (Å²) in [5, 5.41) is 0.404. The second kappa shape index (κ2) is 5.17. The molecule has 23 heavy (non-hydrogen) atoms. The van der Waals surface area contributed by atoms with Crippen LogP contribution in [-0.4, -0.2) is 23.9 Å². The summed E-state index contributed by atoms with van der Waals surface area (Å²) in [4.78, 5) is 25.4. The molecule has 4 aromatic heterocycles. The first-order chi connectivity index (χ1) is 11.1. The van der Waals surface area contributed by atoms with Crippen LogP contribution in [0.15, 0.2) is 47.7 Å². The molecule has 0 fully saturated rings. The molecule has 0 radical (unpaired) electrons. The Morgan fingerprint density at radius 1 is 1.17 bits per heavy atom. The number of pyridine rings is 2. The van der Waals surface area contributed by atoms with Crippen LogP contribution in [0.2, 0.25) is 5.15 Å². The fourth-order valence-corrected chi connectivity index (χ4v) is 2.69. The lowest BCUT2D eigenvalue weighted by Gasteiger charge is -2.06. The van der Waals surface area contributed by atoms with Gasteiger partial charge in [0.2, 0.25) is 0 Å². The third-order valence-corrected chi connectivity index (χ3v) is 3.83. The Labute approximate surface area is 136 Å². The third-order valence-electron chi connectivity index (χ3n) is 3.62. The van der Waals surface area contributed by atoms with E-state index < -0.39 is 0 Å². The number of aryl methyl sites for hydroxylation is 1. The van der Waals surface area contributed by atoms with Crippen molar-refractivity contribution in [2.45, 2.75) is 13.5 Å². The van der Waals surface area contributed by atoms with Gasteiger partial charge in [0, 0.05) is 12.3 Å². The van der Waals surface area contributed by atoms with E-state index in [1.807, 2.05) is 29.7 Å².